The Kier molecular flexibility index (Phi) is 9.23. The van der Waals surface area contributed by atoms with Crippen LogP contribution in [0.25, 0.3) is 22.3 Å². The highest BCUT2D eigenvalue weighted by molar-refractivity contribution is 5.77. The third kappa shape index (κ3) is 6.70. The molecule has 0 bridgehead atoms. The number of hydrogen-bond donors (Lipinski definition) is 2. The number of methoxy groups -OCH3 is 2. The van der Waals surface area contributed by atoms with Crippen LogP contribution >= 0.6 is 0 Å². The number of esters is 2. The van der Waals surface area contributed by atoms with Crippen LogP contribution in [0.2, 0.25) is 0 Å². The maximum absolute atomic E-state index is 11.8. The molecule has 0 radical (unpaired) electrons. The summed E-state index contributed by atoms with van der Waals surface area (Å²) in [6.45, 7) is 2.13. The number of aromatic hydroxyl groups is 2. The Bertz CT molecular complexity index is 1400. The van der Waals surface area contributed by atoms with Crippen molar-refractivity contribution in [2.45, 2.75) is 38.5 Å². The standard InChI is InChI=1S/C34H34O6/c1-4-7-28(26-12-14-31(35)29(20-26)24-10-5-8-22(16-24)18-33(37)39-2)27-13-15-32(36)30(21-27)25-11-6-9-23(17-25)19-34(38)40-3/h5-6,8-17,20-21,28,35-36H,4,7,18-19H2,1-3H3. The van der Waals surface area contributed by atoms with Crippen molar-refractivity contribution in [2.24, 2.45) is 0 Å². The Balaban J connectivity index is 1.72. The molecule has 0 aliphatic heterocycles. The van der Waals surface area contributed by atoms with E-state index in [1.165, 1.54) is 14.2 Å². The van der Waals surface area contributed by atoms with Gasteiger partial charge in [0.1, 0.15) is 11.5 Å². The van der Waals surface area contributed by atoms with Gasteiger partial charge < -0.3 is 19.7 Å². The Labute approximate surface area is 234 Å². The molecule has 0 saturated carbocycles. The molecule has 0 aliphatic carbocycles. The lowest BCUT2D eigenvalue weighted by molar-refractivity contribution is -0.140. The first-order chi connectivity index (χ1) is 19.3. The van der Waals surface area contributed by atoms with Gasteiger partial charge in [-0.3, -0.25) is 9.59 Å². The van der Waals surface area contributed by atoms with Crippen LogP contribution in [0.4, 0.5) is 0 Å². The molecule has 0 spiro atoms. The van der Waals surface area contributed by atoms with Crippen LogP contribution in [-0.2, 0) is 31.9 Å². The highest BCUT2D eigenvalue weighted by Gasteiger charge is 2.19. The maximum atomic E-state index is 11.8. The lowest BCUT2D eigenvalue weighted by atomic mass is 9.84. The molecular weight excluding hydrogens is 504 g/mol. The van der Waals surface area contributed by atoms with E-state index in [1.54, 1.807) is 12.1 Å². The molecule has 4 rings (SSSR count). The van der Waals surface area contributed by atoms with Crippen LogP contribution < -0.4 is 0 Å². The van der Waals surface area contributed by atoms with E-state index in [2.05, 4.69) is 6.92 Å². The molecule has 6 heteroatoms. The van der Waals surface area contributed by atoms with Gasteiger partial charge in [-0.2, -0.15) is 0 Å². The molecule has 0 aliphatic rings. The monoisotopic (exact) mass is 538 g/mol. The second-order valence-corrected chi connectivity index (χ2v) is 9.80. The van der Waals surface area contributed by atoms with Crippen LogP contribution in [0.1, 0.15) is 47.9 Å². The first-order valence-electron chi connectivity index (χ1n) is 13.3. The largest absolute Gasteiger partial charge is 0.507 e. The Morgan fingerprint density at radius 2 is 1.12 bits per heavy atom. The highest BCUT2D eigenvalue weighted by Crippen LogP contribution is 2.39. The van der Waals surface area contributed by atoms with Crippen LogP contribution in [0.15, 0.2) is 84.9 Å². The quantitative estimate of drug-likeness (QED) is 0.216. The molecule has 0 aromatic heterocycles. The summed E-state index contributed by atoms with van der Waals surface area (Å²) in [7, 11) is 2.73. The van der Waals surface area contributed by atoms with E-state index < -0.39 is 0 Å². The highest BCUT2D eigenvalue weighted by atomic mass is 16.5. The zero-order chi connectivity index (χ0) is 28.6. The fraction of sp³-hybridized carbons (Fsp3) is 0.235. The van der Waals surface area contributed by atoms with E-state index in [-0.39, 0.29) is 42.2 Å². The summed E-state index contributed by atoms with van der Waals surface area (Å²) < 4.78 is 9.60. The van der Waals surface area contributed by atoms with Gasteiger partial charge in [-0.05, 0) is 64.1 Å². The summed E-state index contributed by atoms with van der Waals surface area (Å²) in [5, 5.41) is 21.5. The van der Waals surface area contributed by atoms with Crippen molar-refractivity contribution in [1.82, 2.24) is 0 Å². The predicted octanol–water partition coefficient (Wildman–Crippen LogP) is 6.79. The van der Waals surface area contributed by atoms with Crippen molar-refractivity contribution in [3.63, 3.8) is 0 Å². The van der Waals surface area contributed by atoms with E-state index >= 15 is 0 Å². The Hall–Kier alpha value is -4.58. The number of benzene rings is 4. The minimum atomic E-state index is -0.322. The number of carbonyl (C=O) groups excluding carboxylic acids is 2. The minimum absolute atomic E-state index is 0.0141. The summed E-state index contributed by atoms with van der Waals surface area (Å²) in [4.78, 5) is 23.6. The third-order valence-electron chi connectivity index (χ3n) is 7.05. The molecule has 2 N–H and O–H groups in total. The SMILES string of the molecule is CCCC(c1ccc(O)c(-c2cccc(CC(=O)OC)c2)c1)c1ccc(O)c(-c2cccc(CC(=O)OC)c2)c1. The van der Waals surface area contributed by atoms with Gasteiger partial charge in [0.15, 0.2) is 0 Å². The minimum Gasteiger partial charge on any atom is -0.507 e. The van der Waals surface area contributed by atoms with E-state index in [1.807, 2.05) is 72.8 Å². The topological polar surface area (TPSA) is 93.1 Å². The fourth-order valence-corrected chi connectivity index (χ4v) is 4.99. The number of rotatable bonds is 10. The van der Waals surface area contributed by atoms with Crippen LogP contribution in [0.5, 0.6) is 11.5 Å². The number of phenolic OH excluding ortho intramolecular Hbond substituents is 2. The molecule has 0 heterocycles. The molecule has 206 valence electrons. The molecule has 40 heavy (non-hydrogen) atoms. The summed E-state index contributed by atoms with van der Waals surface area (Å²) >= 11 is 0. The summed E-state index contributed by atoms with van der Waals surface area (Å²) in [6.07, 6.45) is 2.10. The normalized spacial score (nSPS) is 10.9. The van der Waals surface area contributed by atoms with E-state index in [9.17, 15) is 19.8 Å². The van der Waals surface area contributed by atoms with E-state index in [0.717, 1.165) is 46.2 Å². The molecule has 0 amide bonds. The molecular formula is C34H34O6. The van der Waals surface area contributed by atoms with Crippen molar-refractivity contribution in [2.75, 3.05) is 14.2 Å². The van der Waals surface area contributed by atoms with Crippen LogP contribution in [0.3, 0.4) is 0 Å². The first kappa shape index (κ1) is 28.4. The molecule has 6 nitrogen and oxygen atoms in total. The van der Waals surface area contributed by atoms with Crippen LogP contribution in [-0.4, -0.2) is 36.4 Å². The summed E-state index contributed by atoms with van der Waals surface area (Å²) in [5.74, 6) is -0.319. The first-order valence-corrected chi connectivity index (χ1v) is 13.3. The molecule has 4 aromatic carbocycles. The Morgan fingerprint density at radius 3 is 1.52 bits per heavy atom. The lowest BCUT2D eigenvalue weighted by Crippen LogP contribution is -2.04. The predicted molar refractivity (Wildman–Crippen MR) is 155 cm³/mol. The van der Waals surface area contributed by atoms with Gasteiger partial charge in [0.25, 0.3) is 0 Å². The molecule has 4 aromatic rings. The van der Waals surface area contributed by atoms with Crippen molar-refractivity contribution in [3.05, 3.63) is 107 Å². The fourth-order valence-electron chi connectivity index (χ4n) is 4.99. The zero-order valence-corrected chi connectivity index (χ0v) is 23.0. The Morgan fingerprint density at radius 1 is 0.675 bits per heavy atom. The molecule has 0 fully saturated rings. The van der Waals surface area contributed by atoms with Gasteiger partial charge in [-0.15, -0.1) is 0 Å². The maximum Gasteiger partial charge on any atom is 0.309 e. The van der Waals surface area contributed by atoms with Crippen molar-refractivity contribution in [1.29, 1.82) is 0 Å². The van der Waals surface area contributed by atoms with E-state index in [0.29, 0.717) is 11.1 Å². The molecule has 0 unspecified atom stereocenters. The second kappa shape index (κ2) is 13.0. The second-order valence-electron chi connectivity index (χ2n) is 9.80. The molecule has 0 atom stereocenters. The summed E-state index contributed by atoms with van der Waals surface area (Å²) in [5.41, 5.74) is 6.65. The van der Waals surface area contributed by atoms with Gasteiger partial charge in [0.2, 0.25) is 0 Å². The number of phenols is 2. The molecule has 0 saturated heterocycles. The average Bonchev–Trinajstić information content (AvgIpc) is 2.97. The number of ether oxygens (including phenoxy) is 2. The van der Waals surface area contributed by atoms with Crippen molar-refractivity contribution >= 4 is 11.9 Å². The number of hydrogen-bond acceptors (Lipinski definition) is 6. The number of carbonyl (C=O) groups is 2. The van der Waals surface area contributed by atoms with Gasteiger partial charge in [0, 0.05) is 17.0 Å². The van der Waals surface area contributed by atoms with Gasteiger partial charge >= 0.3 is 11.9 Å². The smallest absolute Gasteiger partial charge is 0.309 e. The average molecular weight is 539 g/mol. The van der Waals surface area contributed by atoms with Crippen molar-refractivity contribution in [3.8, 4) is 33.8 Å². The zero-order valence-electron chi connectivity index (χ0n) is 23.0. The van der Waals surface area contributed by atoms with Crippen molar-refractivity contribution < 1.29 is 29.3 Å². The third-order valence-corrected chi connectivity index (χ3v) is 7.05. The summed E-state index contributed by atoms with van der Waals surface area (Å²) in [6, 6.07) is 26.3. The van der Waals surface area contributed by atoms with Gasteiger partial charge in [0.05, 0.1) is 27.1 Å². The van der Waals surface area contributed by atoms with E-state index in [4.69, 9.17) is 9.47 Å². The lowest BCUT2D eigenvalue weighted by Gasteiger charge is -2.20. The van der Waals surface area contributed by atoms with Gasteiger partial charge in [-0.1, -0.05) is 74.0 Å². The van der Waals surface area contributed by atoms with Gasteiger partial charge in [-0.25, -0.2) is 0 Å². The van der Waals surface area contributed by atoms with Crippen LogP contribution in [0, 0.1) is 0 Å².